The third kappa shape index (κ3) is 5.16. The highest BCUT2D eigenvalue weighted by Gasteiger charge is 2.16. The second-order valence-electron chi connectivity index (χ2n) is 6.23. The second kappa shape index (κ2) is 7.08. The molecule has 112 valence electrons. The fraction of sp³-hybridized carbons (Fsp3) is 0.333. The van der Waals surface area contributed by atoms with Crippen LogP contribution in [0.2, 0.25) is 5.02 Å². The molecule has 0 fully saturated rings. The van der Waals surface area contributed by atoms with Crippen molar-refractivity contribution in [3.8, 4) is 0 Å². The minimum Gasteiger partial charge on any atom is -0.363 e. The quantitative estimate of drug-likeness (QED) is 0.728. The molecule has 0 aliphatic carbocycles. The molecule has 0 aromatic heterocycles. The molecule has 0 unspecified atom stereocenters. The average molecular weight is 305 g/mol. The van der Waals surface area contributed by atoms with E-state index >= 15 is 0 Å². The van der Waals surface area contributed by atoms with Crippen LogP contribution in [0.5, 0.6) is 0 Å². The third-order valence-electron chi connectivity index (χ3n) is 3.32. The van der Waals surface area contributed by atoms with Gasteiger partial charge >= 0.3 is 0 Å². The molecule has 2 aromatic carbocycles. The lowest BCUT2D eigenvalue weighted by molar-refractivity contribution is -0.870. The van der Waals surface area contributed by atoms with E-state index in [-0.39, 0.29) is 6.10 Å². The fourth-order valence-electron chi connectivity index (χ4n) is 2.09. The van der Waals surface area contributed by atoms with Gasteiger partial charge in [0.2, 0.25) is 0 Å². The maximum Gasteiger partial charge on any atom is 0.108 e. The monoisotopic (exact) mass is 304 g/mol. The zero-order valence-electron chi connectivity index (χ0n) is 12.9. The third-order valence-corrected chi connectivity index (χ3v) is 3.57. The van der Waals surface area contributed by atoms with Gasteiger partial charge in [-0.15, -0.1) is 0 Å². The molecular formula is C18H23ClNO+. The molecule has 0 aliphatic heterocycles. The van der Waals surface area contributed by atoms with Crippen LogP contribution in [0.15, 0.2) is 54.6 Å². The van der Waals surface area contributed by atoms with Gasteiger partial charge in [0, 0.05) is 5.02 Å². The summed E-state index contributed by atoms with van der Waals surface area (Å²) in [6.07, 6.45) is -0.0463. The van der Waals surface area contributed by atoms with Crippen molar-refractivity contribution >= 4 is 11.6 Å². The molecular weight excluding hydrogens is 282 g/mol. The first-order valence-corrected chi connectivity index (χ1v) is 7.56. The molecule has 2 rings (SSSR count). The van der Waals surface area contributed by atoms with Crippen LogP contribution in [-0.4, -0.2) is 38.8 Å². The molecule has 0 amide bonds. The number of rotatable bonds is 6. The van der Waals surface area contributed by atoms with E-state index in [2.05, 4.69) is 33.3 Å². The number of nitrogens with zero attached hydrogens (tertiary/aromatic N) is 1. The summed E-state index contributed by atoms with van der Waals surface area (Å²) in [6.45, 7) is 1.68. The normalized spacial score (nSPS) is 13.1. The van der Waals surface area contributed by atoms with Gasteiger partial charge < -0.3 is 9.22 Å². The van der Waals surface area contributed by atoms with Crippen molar-refractivity contribution in [3.05, 3.63) is 70.7 Å². The summed E-state index contributed by atoms with van der Waals surface area (Å²) in [6, 6.07) is 18.2. The standard InChI is InChI=1S/C18H23ClNO/c1-20(2,3)13-14-21-18(15-7-5-4-6-8-15)16-9-11-17(19)12-10-16/h4-12,18H,13-14H2,1-3H3/q+1/t18-/m0/s1. The van der Waals surface area contributed by atoms with Crippen LogP contribution in [0.3, 0.4) is 0 Å². The smallest absolute Gasteiger partial charge is 0.108 e. The molecule has 0 heterocycles. The van der Waals surface area contributed by atoms with Crippen LogP contribution in [0, 0.1) is 0 Å². The number of likely N-dealkylation sites (N-methyl/N-ethyl adjacent to an activating group) is 1. The molecule has 0 saturated carbocycles. The number of quaternary nitrogens is 1. The minimum absolute atomic E-state index is 0.0463. The molecule has 2 nitrogen and oxygen atoms in total. The molecule has 0 bridgehead atoms. The molecule has 2 aromatic rings. The summed E-state index contributed by atoms with van der Waals surface area (Å²) in [5.74, 6) is 0. The summed E-state index contributed by atoms with van der Waals surface area (Å²) in [4.78, 5) is 0. The Morgan fingerprint density at radius 1 is 0.905 bits per heavy atom. The van der Waals surface area contributed by atoms with Crippen LogP contribution in [0.25, 0.3) is 0 Å². The van der Waals surface area contributed by atoms with E-state index in [0.717, 1.165) is 21.6 Å². The topological polar surface area (TPSA) is 9.23 Å². The van der Waals surface area contributed by atoms with Crippen molar-refractivity contribution in [1.29, 1.82) is 0 Å². The van der Waals surface area contributed by atoms with Crippen molar-refractivity contribution < 1.29 is 9.22 Å². The van der Waals surface area contributed by atoms with E-state index in [1.165, 1.54) is 5.56 Å². The van der Waals surface area contributed by atoms with Gasteiger partial charge in [0.15, 0.2) is 0 Å². The highest BCUT2D eigenvalue weighted by Crippen LogP contribution is 2.27. The number of hydrogen-bond donors (Lipinski definition) is 0. The van der Waals surface area contributed by atoms with Gasteiger partial charge in [-0.25, -0.2) is 0 Å². The van der Waals surface area contributed by atoms with E-state index in [9.17, 15) is 0 Å². The van der Waals surface area contributed by atoms with Gasteiger partial charge in [-0.2, -0.15) is 0 Å². The molecule has 0 aliphatic rings. The first kappa shape index (κ1) is 16.0. The first-order valence-electron chi connectivity index (χ1n) is 7.18. The molecule has 1 atom stereocenters. The van der Waals surface area contributed by atoms with E-state index in [1.807, 2.05) is 42.5 Å². The Morgan fingerprint density at radius 3 is 2.05 bits per heavy atom. The van der Waals surface area contributed by atoms with Gasteiger partial charge in [-0.3, -0.25) is 0 Å². The van der Waals surface area contributed by atoms with Crippen molar-refractivity contribution in [1.82, 2.24) is 0 Å². The first-order chi connectivity index (χ1) is 9.96. The van der Waals surface area contributed by atoms with Crippen LogP contribution < -0.4 is 0 Å². The predicted molar refractivity (Wildman–Crippen MR) is 88.6 cm³/mol. The zero-order valence-corrected chi connectivity index (χ0v) is 13.7. The SMILES string of the molecule is C[N+](C)(C)CCO[C@@H](c1ccccc1)c1ccc(Cl)cc1. The summed E-state index contributed by atoms with van der Waals surface area (Å²) in [7, 11) is 6.51. The average Bonchev–Trinajstić information content (AvgIpc) is 2.45. The Labute approximate surface area is 132 Å². The Hall–Kier alpha value is -1.35. The Morgan fingerprint density at radius 2 is 1.48 bits per heavy atom. The highest BCUT2D eigenvalue weighted by atomic mass is 35.5. The minimum atomic E-state index is -0.0463. The van der Waals surface area contributed by atoms with E-state index in [4.69, 9.17) is 16.3 Å². The molecule has 21 heavy (non-hydrogen) atoms. The van der Waals surface area contributed by atoms with Gasteiger partial charge in [-0.05, 0) is 23.3 Å². The molecule has 0 N–H and O–H groups in total. The Balaban J connectivity index is 2.17. The van der Waals surface area contributed by atoms with E-state index < -0.39 is 0 Å². The summed E-state index contributed by atoms with van der Waals surface area (Å²) in [5.41, 5.74) is 2.30. The van der Waals surface area contributed by atoms with Crippen LogP contribution in [0.4, 0.5) is 0 Å². The largest absolute Gasteiger partial charge is 0.363 e. The van der Waals surface area contributed by atoms with Crippen LogP contribution in [0.1, 0.15) is 17.2 Å². The van der Waals surface area contributed by atoms with Crippen molar-refractivity contribution in [2.24, 2.45) is 0 Å². The number of benzene rings is 2. The molecule has 0 radical (unpaired) electrons. The predicted octanol–water partition coefficient (Wildman–Crippen LogP) is 4.15. The van der Waals surface area contributed by atoms with E-state index in [0.29, 0.717) is 6.61 Å². The summed E-state index contributed by atoms with van der Waals surface area (Å²) >= 11 is 5.98. The van der Waals surface area contributed by atoms with Crippen molar-refractivity contribution in [3.63, 3.8) is 0 Å². The summed E-state index contributed by atoms with van der Waals surface area (Å²) < 4.78 is 7.06. The highest BCUT2D eigenvalue weighted by molar-refractivity contribution is 6.30. The molecule has 3 heteroatoms. The van der Waals surface area contributed by atoms with Gasteiger partial charge in [0.1, 0.15) is 12.6 Å². The lowest BCUT2D eigenvalue weighted by Crippen LogP contribution is -2.37. The number of ether oxygens (including phenoxy) is 1. The van der Waals surface area contributed by atoms with Crippen molar-refractivity contribution in [2.45, 2.75) is 6.10 Å². The Bertz CT molecular complexity index is 546. The lowest BCUT2D eigenvalue weighted by Gasteiger charge is -2.26. The number of halogens is 1. The number of hydrogen-bond acceptors (Lipinski definition) is 1. The van der Waals surface area contributed by atoms with Gasteiger partial charge in [0.25, 0.3) is 0 Å². The molecule has 0 spiro atoms. The summed E-state index contributed by atoms with van der Waals surface area (Å²) in [5, 5.41) is 0.747. The van der Waals surface area contributed by atoms with Crippen LogP contribution >= 0.6 is 11.6 Å². The Kier molecular flexibility index (Phi) is 5.40. The fourth-order valence-corrected chi connectivity index (χ4v) is 2.22. The van der Waals surface area contributed by atoms with Crippen molar-refractivity contribution in [2.75, 3.05) is 34.3 Å². The van der Waals surface area contributed by atoms with Crippen LogP contribution in [-0.2, 0) is 4.74 Å². The zero-order chi connectivity index (χ0) is 15.3. The molecule has 0 saturated heterocycles. The van der Waals surface area contributed by atoms with Gasteiger partial charge in [-0.1, -0.05) is 54.1 Å². The lowest BCUT2D eigenvalue weighted by atomic mass is 10.0. The van der Waals surface area contributed by atoms with Gasteiger partial charge in [0.05, 0.1) is 27.7 Å². The maximum atomic E-state index is 6.17. The maximum absolute atomic E-state index is 6.17. The van der Waals surface area contributed by atoms with E-state index in [1.54, 1.807) is 0 Å². The second-order valence-corrected chi connectivity index (χ2v) is 6.66.